The Morgan fingerprint density at radius 1 is 1.20 bits per heavy atom. The smallest absolute Gasteiger partial charge is 0.159 e. The average Bonchev–Trinajstić information content (AvgIpc) is 1.88. The van der Waals surface area contributed by atoms with Crippen LogP contribution in [0.4, 0.5) is 0 Å². The van der Waals surface area contributed by atoms with Crippen molar-refractivity contribution in [3.63, 3.8) is 0 Å². The second-order valence-corrected chi connectivity index (χ2v) is 3.38. The monoisotopic (exact) mass is 144 g/mol. The summed E-state index contributed by atoms with van der Waals surface area (Å²) in [4.78, 5) is 0. The van der Waals surface area contributed by atoms with Crippen LogP contribution in [0.1, 0.15) is 20.8 Å². The maximum atomic E-state index is 5.43. The fourth-order valence-electron chi connectivity index (χ4n) is 0.999. The van der Waals surface area contributed by atoms with Gasteiger partial charge < -0.3 is 9.47 Å². The van der Waals surface area contributed by atoms with Crippen molar-refractivity contribution < 1.29 is 9.47 Å². The molecular formula is C8H16O2. The molecular weight excluding hydrogens is 128 g/mol. The quantitative estimate of drug-likeness (QED) is 0.557. The molecule has 0 atom stereocenters. The van der Waals surface area contributed by atoms with Crippen molar-refractivity contribution in [3.8, 4) is 0 Å². The first-order valence-electron chi connectivity index (χ1n) is 3.93. The molecule has 0 aromatic heterocycles. The van der Waals surface area contributed by atoms with Crippen LogP contribution >= 0.6 is 0 Å². The van der Waals surface area contributed by atoms with Gasteiger partial charge in [-0.05, 0) is 0 Å². The molecule has 1 aliphatic rings. The normalized spacial score (nSPS) is 34.8. The molecule has 0 N–H and O–H groups in total. The molecule has 0 amide bonds. The Hall–Kier alpha value is -0.0800. The van der Waals surface area contributed by atoms with Crippen LogP contribution in [0.5, 0.6) is 0 Å². The van der Waals surface area contributed by atoms with Crippen molar-refractivity contribution in [2.24, 2.45) is 11.8 Å². The standard InChI is InChI=1S/C8H16O2/c1-6(2)8-9-4-7(3)5-10-8/h6-8H,4-5H2,1-3H3. The first-order valence-corrected chi connectivity index (χ1v) is 3.93. The van der Waals surface area contributed by atoms with E-state index in [1.54, 1.807) is 0 Å². The summed E-state index contributed by atoms with van der Waals surface area (Å²) in [5, 5.41) is 0. The van der Waals surface area contributed by atoms with Crippen molar-refractivity contribution in [1.82, 2.24) is 0 Å². The molecule has 2 nitrogen and oxygen atoms in total. The first-order chi connectivity index (χ1) is 4.70. The molecule has 0 aromatic rings. The van der Waals surface area contributed by atoms with Crippen LogP contribution in [-0.4, -0.2) is 19.5 Å². The lowest BCUT2D eigenvalue weighted by Gasteiger charge is -2.29. The van der Waals surface area contributed by atoms with Crippen molar-refractivity contribution in [3.05, 3.63) is 0 Å². The Morgan fingerprint density at radius 2 is 1.70 bits per heavy atom. The molecule has 0 saturated carbocycles. The minimum Gasteiger partial charge on any atom is -0.352 e. The van der Waals surface area contributed by atoms with E-state index in [-0.39, 0.29) is 6.29 Å². The zero-order valence-electron chi connectivity index (χ0n) is 6.96. The molecule has 1 heterocycles. The zero-order valence-corrected chi connectivity index (χ0v) is 6.96. The van der Waals surface area contributed by atoms with Gasteiger partial charge in [0, 0.05) is 11.8 Å². The molecule has 0 aromatic carbocycles. The summed E-state index contributed by atoms with van der Waals surface area (Å²) in [5.41, 5.74) is 0. The molecule has 0 bridgehead atoms. The van der Waals surface area contributed by atoms with Crippen LogP contribution in [0.25, 0.3) is 0 Å². The van der Waals surface area contributed by atoms with Crippen molar-refractivity contribution in [2.45, 2.75) is 27.1 Å². The highest BCUT2D eigenvalue weighted by atomic mass is 16.7. The summed E-state index contributed by atoms with van der Waals surface area (Å²) < 4.78 is 10.9. The van der Waals surface area contributed by atoms with Crippen LogP contribution in [0.3, 0.4) is 0 Å². The minimum absolute atomic E-state index is 0.0381. The first kappa shape index (κ1) is 8.02. The minimum atomic E-state index is 0.0381. The predicted molar refractivity (Wildman–Crippen MR) is 39.7 cm³/mol. The molecule has 0 radical (unpaired) electrons. The third-order valence-corrected chi connectivity index (χ3v) is 1.63. The summed E-state index contributed by atoms with van der Waals surface area (Å²) >= 11 is 0. The van der Waals surface area contributed by atoms with E-state index in [4.69, 9.17) is 9.47 Å². The largest absolute Gasteiger partial charge is 0.352 e. The van der Waals surface area contributed by atoms with Gasteiger partial charge in [0.05, 0.1) is 13.2 Å². The Morgan fingerprint density at radius 3 is 2.10 bits per heavy atom. The van der Waals surface area contributed by atoms with Crippen LogP contribution in [0.2, 0.25) is 0 Å². The number of hydrogen-bond acceptors (Lipinski definition) is 2. The fraction of sp³-hybridized carbons (Fsp3) is 1.00. The maximum Gasteiger partial charge on any atom is 0.159 e. The number of hydrogen-bond donors (Lipinski definition) is 0. The molecule has 1 saturated heterocycles. The van der Waals surface area contributed by atoms with Crippen LogP contribution in [0, 0.1) is 11.8 Å². The Bertz CT molecular complexity index is 93.4. The second-order valence-electron chi connectivity index (χ2n) is 3.38. The predicted octanol–water partition coefficient (Wildman–Crippen LogP) is 1.65. The van der Waals surface area contributed by atoms with E-state index in [0.717, 1.165) is 13.2 Å². The molecule has 0 spiro atoms. The Balaban J connectivity index is 2.26. The molecule has 1 aliphatic heterocycles. The van der Waals surface area contributed by atoms with Crippen LogP contribution in [0.15, 0.2) is 0 Å². The van der Waals surface area contributed by atoms with Gasteiger partial charge in [0.1, 0.15) is 0 Å². The lowest BCUT2D eigenvalue weighted by molar-refractivity contribution is -0.216. The van der Waals surface area contributed by atoms with E-state index >= 15 is 0 Å². The highest BCUT2D eigenvalue weighted by molar-refractivity contribution is 4.60. The van der Waals surface area contributed by atoms with Gasteiger partial charge in [-0.25, -0.2) is 0 Å². The van der Waals surface area contributed by atoms with Crippen molar-refractivity contribution in [2.75, 3.05) is 13.2 Å². The maximum absolute atomic E-state index is 5.43. The highest BCUT2D eigenvalue weighted by Gasteiger charge is 2.21. The van der Waals surface area contributed by atoms with E-state index in [0.29, 0.717) is 11.8 Å². The summed E-state index contributed by atoms with van der Waals surface area (Å²) in [7, 11) is 0. The third kappa shape index (κ3) is 1.96. The summed E-state index contributed by atoms with van der Waals surface area (Å²) in [6.07, 6.45) is 0.0381. The van der Waals surface area contributed by atoms with Gasteiger partial charge in [0.25, 0.3) is 0 Å². The topological polar surface area (TPSA) is 18.5 Å². The van der Waals surface area contributed by atoms with Crippen LogP contribution in [-0.2, 0) is 9.47 Å². The lowest BCUT2D eigenvalue weighted by Crippen LogP contribution is -2.33. The summed E-state index contributed by atoms with van der Waals surface area (Å²) in [5.74, 6) is 1.04. The van der Waals surface area contributed by atoms with Crippen LogP contribution < -0.4 is 0 Å². The molecule has 2 heteroatoms. The summed E-state index contributed by atoms with van der Waals surface area (Å²) in [6, 6.07) is 0. The zero-order chi connectivity index (χ0) is 7.56. The molecule has 0 aliphatic carbocycles. The number of rotatable bonds is 1. The molecule has 1 rings (SSSR count). The Kier molecular flexibility index (Phi) is 2.69. The highest BCUT2D eigenvalue weighted by Crippen LogP contribution is 2.16. The molecule has 10 heavy (non-hydrogen) atoms. The van der Waals surface area contributed by atoms with Crippen molar-refractivity contribution in [1.29, 1.82) is 0 Å². The number of ether oxygens (including phenoxy) is 2. The van der Waals surface area contributed by atoms with E-state index < -0.39 is 0 Å². The van der Waals surface area contributed by atoms with Gasteiger partial charge in [-0.3, -0.25) is 0 Å². The summed E-state index contributed by atoms with van der Waals surface area (Å²) in [6.45, 7) is 8.06. The van der Waals surface area contributed by atoms with Gasteiger partial charge in [0.2, 0.25) is 0 Å². The molecule has 0 unspecified atom stereocenters. The lowest BCUT2D eigenvalue weighted by atomic mass is 10.1. The van der Waals surface area contributed by atoms with Gasteiger partial charge in [-0.1, -0.05) is 20.8 Å². The van der Waals surface area contributed by atoms with Gasteiger partial charge in [-0.15, -0.1) is 0 Å². The van der Waals surface area contributed by atoms with Gasteiger partial charge >= 0.3 is 0 Å². The SMILES string of the molecule is CC1COC(C(C)C)OC1. The third-order valence-electron chi connectivity index (χ3n) is 1.63. The van der Waals surface area contributed by atoms with E-state index in [1.165, 1.54) is 0 Å². The average molecular weight is 144 g/mol. The van der Waals surface area contributed by atoms with E-state index in [9.17, 15) is 0 Å². The van der Waals surface area contributed by atoms with E-state index in [2.05, 4.69) is 20.8 Å². The molecule has 1 fully saturated rings. The van der Waals surface area contributed by atoms with E-state index in [1.807, 2.05) is 0 Å². The second kappa shape index (κ2) is 3.35. The Labute approximate surface area is 62.5 Å². The van der Waals surface area contributed by atoms with Crippen molar-refractivity contribution >= 4 is 0 Å². The van der Waals surface area contributed by atoms with Gasteiger partial charge in [-0.2, -0.15) is 0 Å². The van der Waals surface area contributed by atoms with Gasteiger partial charge in [0.15, 0.2) is 6.29 Å². The fourth-order valence-corrected chi connectivity index (χ4v) is 0.999. The molecule has 60 valence electrons.